The number of carbonyl (C=O) groups is 1. The summed E-state index contributed by atoms with van der Waals surface area (Å²) < 4.78 is 6.54. The predicted molar refractivity (Wildman–Crippen MR) is 125 cm³/mol. The molecule has 4 rings (SSSR count). The summed E-state index contributed by atoms with van der Waals surface area (Å²) in [5.74, 6) is 0.227. The van der Waals surface area contributed by atoms with Crippen LogP contribution in [0, 0.1) is 13.8 Å². The molecule has 0 radical (unpaired) electrons. The lowest BCUT2D eigenvalue weighted by Crippen LogP contribution is -2.38. The minimum atomic E-state index is -0.368. The van der Waals surface area contributed by atoms with Crippen molar-refractivity contribution in [2.24, 2.45) is 0 Å². The number of H-pyrrole nitrogens is 1. The summed E-state index contributed by atoms with van der Waals surface area (Å²) in [5.41, 5.74) is 3.75. The van der Waals surface area contributed by atoms with Crippen molar-refractivity contribution in [2.45, 2.75) is 78.6 Å². The quantitative estimate of drug-likeness (QED) is 0.524. The predicted octanol–water partition coefficient (Wildman–Crippen LogP) is 3.03. The monoisotopic (exact) mass is 452 g/mol. The average molecular weight is 453 g/mol. The number of nitrogens with zero attached hydrogens (tertiary/aromatic N) is 5. The van der Waals surface area contributed by atoms with Gasteiger partial charge in [0.1, 0.15) is 6.54 Å². The summed E-state index contributed by atoms with van der Waals surface area (Å²) >= 11 is 0. The number of tetrazole rings is 1. The van der Waals surface area contributed by atoms with Gasteiger partial charge in [0.05, 0.1) is 18.7 Å². The van der Waals surface area contributed by atoms with E-state index < -0.39 is 0 Å². The van der Waals surface area contributed by atoms with E-state index in [-0.39, 0.29) is 18.1 Å². The van der Waals surface area contributed by atoms with E-state index in [0.717, 1.165) is 40.4 Å². The van der Waals surface area contributed by atoms with E-state index in [1.165, 1.54) is 23.9 Å². The molecule has 0 atom stereocenters. The fourth-order valence-corrected chi connectivity index (χ4v) is 4.68. The Balaban J connectivity index is 1.63. The molecule has 3 aromatic rings. The van der Waals surface area contributed by atoms with Crippen LogP contribution >= 0.6 is 0 Å². The second-order valence-corrected chi connectivity index (χ2v) is 8.87. The van der Waals surface area contributed by atoms with E-state index in [0.29, 0.717) is 31.6 Å². The minimum absolute atomic E-state index is 0.0241. The van der Waals surface area contributed by atoms with Gasteiger partial charge in [0.2, 0.25) is 0 Å². The lowest BCUT2D eigenvalue weighted by molar-refractivity contribution is -0.144. The van der Waals surface area contributed by atoms with Crippen LogP contribution in [0.3, 0.4) is 0 Å². The summed E-state index contributed by atoms with van der Waals surface area (Å²) in [6.45, 7) is 7.09. The third kappa shape index (κ3) is 5.30. The van der Waals surface area contributed by atoms with Crippen LogP contribution in [0.5, 0.6) is 0 Å². The van der Waals surface area contributed by atoms with E-state index in [9.17, 15) is 9.59 Å². The number of rotatable bonds is 8. The van der Waals surface area contributed by atoms with Crippen LogP contribution in [0.15, 0.2) is 23.0 Å². The van der Waals surface area contributed by atoms with E-state index in [1.807, 2.05) is 19.1 Å². The van der Waals surface area contributed by atoms with Crippen molar-refractivity contribution in [1.29, 1.82) is 0 Å². The molecule has 0 bridgehead atoms. The van der Waals surface area contributed by atoms with Gasteiger partial charge in [-0.05, 0) is 61.2 Å². The van der Waals surface area contributed by atoms with Gasteiger partial charge in [-0.25, -0.2) is 4.68 Å². The number of hydrogen-bond acceptors (Lipinski definition) is 7. The molecule has 0 unspecified atom stereocenters. The molecule has 1 aromatic carbocycles. The fraction of sp³-hybridized carbons (Fsp3) is 0.542. The van der Waals surface area contributed by atoms with E-state index in [4.69, 9.17) is 4.74 Å². The second kappa shape index (κ2) is 10.2. The Morgan fingerprint density at radius 2 is 1.94 bits per heavy atom. The van der Waals surface area contributed by atoms with E-state index >= 15 is 0 Å². The molecule has 9 nitrogen and oxygen atoms in total. The number of nitrogens with one attached hydrogen (secondary N) is 1. The van der Waals surface area contributed by atoms with E-state index in [1.54, 1.807) is 6.92 Å². The highest BCUT2D eigenvalue weighted by Crippen LogP contribution is 2.26. The molecule has 1 saturated carbocycles. The zero-order valence-corrected chi connectivity index (χ0v) is 19.6. The van der Waals surface area contributed by atoms with Crippen LogP contribution < -0.4 is 5.56 Å². The van der Waals surface area contributed by atoms with Gasteiger partial charge in [-0.3, -0.25) is 14.5 Å². The van der Waals surface area contributed by atoms with Crippen LogP contribution in [-0.2, 0) is 29.2 Å². The van der Waals surface area contributed by atoms with Crippen LogP contribution in [0.4, 0.5) is 0 Å². The molecule has 1 aliphatic rings. The van der Waals surface area contributed by atoms with Gasteiger partial charge in [-0.15, -0.1) is 5.10 Å². The van der Waals surface area contributed by atoms with Crippen molar-refractivity contribution < 1.29 is 9.53 Å². The lowest BCUT2D eigenvalue weighted by Gasteiger charge is -2.33. The van der Waals surface area contributed by atoms with Crippen molar-refractivity contribution in [3.05, 3.63) is 51.1 Å². The number of aromatic nitrogens is 5. The Bertz CT molecular complexity index is 1180. The highest BCUT2D eigenvalue weighted by molar-refractivity contribution is 5.85. The standard InChI is InChI=1S/C24H32N6O3/c1-4-33-22(31)15-30-21(26-27-28-30)14-29(19-8-6-5-7-9-19)13-18-12-20-16(2)10-11-17(3)23(20)25-24(18)32/h10-12,19H,4-9,13-15H2,1-3H3,(H,25,32). The third-order valence-corrected chi connectivity index (χ3v) is 6.52. The van der Waals surface area contributed by atoms with Crippen molar-refractivity contribution in [2.75, 3.05) is 6.61 Å². The SMILES string of the molecule is CCOC(=O)Cn1nnnc1CN(Cc1cc2c(C)ccc(C)c2[nH]c1=O)C1CCCCC1. The Morgan fingerprint density at radius 1 is 1.18 bits per heavy atom. The number of carbonyl (C=O) groups excluding carboxylic acids is 1. The van der Waals surface area contributed by atoms with Gasteiger partial charge in [0.15, 0.2) is 5.82 Å². The number of ether oxygens (including phenoxy) is 1. The first-order chi connectivity index (χ1) is 16.0. The number of aromatic amines is 1. The molecule has 0 spiro atoms. The molecule has 9 heteroatoms. The van der Waals surface area contributed by atoms with Gasteiger partial charge in [-0.2, -0.15) is 0 Å². The summed E-state index contributed by atoms with van der Waals surface area (Å²) in [4.78, 5) is 30.4. The maximum absolute atomic E-state index is 13.0. The van der Waals surface area contributed by atoms with Gasteiger partial charge < -0.3 is 9.72 Å². The molecule has 1 N–H and O–H groups in total. The first kappa shape index (κ1) is 23.1. The Morgan fingerprint density at radius 3 is 2.70 bits per heavy atom. The smallest absolute Gasteiger partial charge is 0.327 e. The number of hydrogen-bond donors (Lipinski definition) is 1. The Labute approximate surface area is 193 Å². The number of esters is 1. The van der Waals surface area contributed by atoms with Crippen LogP contribution in [-0.4, -0.2) is 48.7 Å². The Hall–Kier alpha value is -3.07. The summed E-state index contributed by atoms with van der Waals surface area (Å²) in [6, 6.07) is 6.47. The van der Waals surface area contributed by atoms with Crippen molar-refractivity contribution >= 4 is 16.9 Å². The minimum Gasteiger partial charge on any atom is -0.465 e. The van der Waals surface area contributed by atoms with Crippen LogP contribution in [0.25, 0.3) is 10.9 Å². The van der Waals surface area contributed by atoms with Crippen LogP contribution in [0.1, 0.15) is 61.5 Å². The Kier molecular flexibility index (Phi) is 7.17. The molecular formula is C24H32N6O3. The largest absolute Gasteiger partial charge is 0.465 e. The van der Waals surface area contributed by atoms with Crippen molar-refractivity contribution in [1.82, 2.24) is 30.1 Å². The molecule has 0 saturated heterocycles. The lowest BCUT2D eigenvalue weighted by atomic mass is 9.93. The second-order valence-electron chi connectivity index (χ2n) is 8.87. The van der Waals surface area contributed by atoms with Crippen molar-refractivity contribution in [3.63, 3.8) is 0 Å². The number of fused-ring (bicyclic) bond motifs is 1. The molecule has 0 amide bonds. The molecule has 1 aliphatic carbocycles. The molecular weight excluding hydrogens is 420 g/mol. The van der Waals surface area contributed by atoms with Crippen molar-refractivity contribution in [3.8, 4) is 0 Å². The first-order valence-electron chi connectivity index (χ1n) is 11.7. The molecule has 1 fully saturated rings. The molecule has 0 aliphatic heterocycles. The van der Waals surface area contributed by atoms with E-state index in [2.05, 4.69) is 38.4 Å². The van der Waals surface area contributed by atoms with Gasteiger partial charge >= 0.3 is 5.97 Å². The number of benzene rings is 1. The highest BCUT2D eigenvalue weighted by atomic mass is 16.5. The summed E-state index contributed by atoms with van der Waals surface area (Å²) in [6.07, 6.45) is 5.72. The zero-order valence-electron chi connectivity index (χ0n) is 19.6. The molecule has 2 heterocycles. The fourth-order valence-electron chi connectivity index (χ4n) is 4.68. The van der Waals surface area contributed by atoms with Gasteiger partial charge in [0, 0.05) is 23.5 Å². The summed E-state index contributed by atoms with van der Waals surface area (Å²) in [5, 5.41) is 13.0. The third-order valence-electron chi connectivity index (χ3n) is 6.52. The normalized spacial score (nSPS) is 14.8. The first-order valence-corrected chi connectivity index (χ1v) is 11.7. The summed E-state index contributed by atoms with van der Waals surface area (Å²) in [7, 11) is 0. The number of pyridine rings is 1. The van der Waals surface area contributed by atoms with Gasteiger partial charge in [0.25, 0.3) is 5.56 Å². The average Bonchev–Trinajstić information content (AvgIpc) is 3.24. The van der Waals surface area contributed by atoms with Gasteiger partial charge in [-0.1, -0.05) is 31.4 Å². The molecule has 2 aromatic heterocycles. The molecule has 33 heavy (non-hydrogen) atoms. The van der Waals surface area contributed by atoms with Crippen LogP contribution in [0.2, 0.25) is 0 Å². The molecule has 176 valence electrons. The topological polar surface area (TPSA) is 106 Å². The number of aryl methyl sites for hydroxylation is 2. The maximum atomic E-state index is 13.0. The maximum Gasteiger partial charge on any atom is 0.327 e. The zero-order chi connectivity index (χ0) is 23.4. The highest BCUT2D eigenvalue weighted by Gasteiger charge is 2.25.